The maximum atomic E-state index is 12.7. The van der Waals surface area contributed by atoms with E-state index in [9.17, 15) is 4.79 Å². The predicted octanol–water partition coefficient (Wildman–Crippen LogP) is 3.78. The Balaban J connectivity index is 1.90. The van der Waals surface area contributed by atoms with Crippen LogP contribution in [0.4, 0.5) is 0 Å². The van der Waals surface area contributed by atoms with E-state index >= 15 is 0 Å². The van der Waals surface area contributed by atoms with Crippen LogP contribution in [-0.4, -0.2) is 19.0 Å². The van der Waals surface area contributed by atoms with Crippen molar-refractivity contribution in [3.05, 3.63) is 59.2 Å². The van der Waals surface area contributed by atoms with Crippen molar-refractivity contribution >= 4 is 5.78 Å². The summed E-state index contributed by atoms with van der Waals surface area (Å²) in [7, 11) is 1.58. The number of benzene rings is 2. The van der Waals surface area contributed by atoms with Crippen LogP contribution in [0.5, 0.6) is 11.5 Å². The summed E-state index contributed by atoms with van der Waals surface area (Å²) in [4.78, 5) is 12.7. The molecule has 0 atom stereocenters. The molecule has 1 saturated carbocycles. The summed E-state index contributed by atoms with van der Waals surface area (Å²) in [5.41, 5.74) is 2.26. The van der Waals surface area contributed by atoms with Crippen LogP contribution in [-0.2, 0) is 0 Å². The molecule has 1 aliphatic rings. The van der Waals surface area contributed by atoms with Gasteiger partial charge in [0.25, 0.3) is 0 Å². The lowest BCUT2D eigenvalue weighted by atomic mass is 10.0. The number of carbonyl (C=O) groups excluding carboxylic acids is 1. The molecule has 3 heteroatoms. The fraction of sp³-hybridized carbons (Fsp3) is 0.278. The maximum Gasteiger partial charge on any atom is 0.196 e. The fourth-order valence-corrected chi connectivity index (χ4v) is 2.23. The highest BCUT2D eigenvalue weighted by molar-refractivity contribution is 6.10. The van der Waals surface area contributed by atoms with Crippen molar-refractivity contribution in [2.24, 2.45) is 0 Å². The van der Waals surface area contributed by atoms with Crippen LogP contribution in [0.3, 0.4) is 0 Å². The van der Waals surface area contributed by atoms with Crippen molar-refractivity contribution < 1.29 is 14.3 Å². The molecular formula is C18H18O3. The monoisotopic (exact) mass is 282 g/mol. The molecule has 0 radical (unpaired) electrons. The van der Waals surface area contributed by atoms with Gasteiger partial charge in [-0.05, 0) is 49.6 Å². The van der Waals surface area contributed by atoms with E-state index in [-0.39, 0.29) is 5.78 Å². The first-order chi connectivity index (χ1) is 10.2. The molecular weight excluding hydrogens is 264 g/mol. The zero-order valence-corrected chi connectivity index (χ0v) is 12.3. The van der Waals surface area contributed by atoms with E-state index < -0.39 is 0 Å². The largest absolute Gasteiger partial charge is 0.496 e. The van der Waals surface area contributed by atoms with Gasteiger partial charge in [0.15, 0.2) is 5.78 Å². The highest BCUT2D eigenvalue weighted by atomic mass is 16.5. The molecule has 0 aliphatic heterocycles. The van der Waals surface area contributed by atoms with Crippen molar-refractivity contribution in [3.63, 3.8) is 0 Å². The molecule has 0 spiro atoms. The van der Waals surface area contributed by atoms with E-state index in [0.717, 1.165) is 24.2 Å². The minimum absolute atomic E-state index is 0.0481. The third kappa shape index (κ3) is 3.07. The van der Waals surface area contributed by atoms with Gasteiger partial charge in [-0.15, -0.1) is 0 Å². The average molecular weight is 282 g/mol. The van der Waals surface area contributed by atoms with E-state index in [4.69, 9.17) is 9.47 Å². The molecule has 0 bridgehead atoms. The number of rotatable bonds is 5. The molecule has 1 aliphatic carbocycles. The van der Waals surface area contributed by atoms with Gasteiger partial charge < -0.3 is 9.47 Å². The third-order valence-corrected chi connectivity index (χ3v) is 3.53. The Kier molecular flexibility index (Phi) is 3.65. The molecule has 0 amide bonds. The summed E-state index contributed by atoms with van der Waals surface area (Å²) in [5.74, 6) is 1.32. The topological polar surface area (TPSA) is 35.5 Å². The van der Waals surface area contributed by atoms with Gasteiger partial charge in [0.2, 0.25) is 0 Å². The minimum atomic E-state index is -0.0481. The molecule has 2 aromatic carbocycles. The minimum Gasteiger partial charge on any atom is -0.496 e. The summed E-state index contributed by atoms with van der Waals surface area (Å²) < 4.78 is 11.1. The van der Waals surface area contributed by atoms with E-state index in [1.54, 1.807) is 19.2 Å². The van der Waals surface area contributed by atoms with Gasteiger partial charge in [-0.25, -0.2) is 0 Å². The lowest BCUT2D eigenvalue weighted by molar-refractivity contribution is 0.103. The van der Waals surface area contributed by atoms with Gasteiger partial charge in [0.05, 0.1) is 18.8 Å². The lowest BCUT2D eigenvalue weighted by Crippen LogP contribution is -2.05. The Morgan fingerprint density at radius 2 is 1.95 bits per heavy atom. The van der Waals surface area contributed by atoms with Crippen molar-refractivity contribution in [2.45, 2.75) is 25.9 Å². The zero-order valence-electron chi connectivity index (χ0n) is 12.3. The third-order valence-electron chi connectivity index (χ3n) is 3.53. The summed E-state index contributed by atoms with van der Waals surface area (Å²) in [6.45, 7) is 1.97. The van der Waals surface area contributed by atoms with Gasteiger partial charge in [-0.2, -0.15) is 0 Å². The standard InChI is InChI=1S/C18H18O3/c1-12-6-9-16(17(10-12)20-2)18(19)13-4-3-5-15(11-13)21-14-7-8-14/h3-6,9-11,14H,7-8H2,1-2H3. The van der Waals surface area contributed by atoms with E-state index in [1.807, 2.05) is 37.3 Å². The maximum absolute atomic E-state index is 12.7. The molecule has 3 nitrogen and oxygen atoms in total. The molecule has 21 heavy (non-hydrogen) atoms. The Bertz CT molecular complexity index is 672. The molecule has 1 fully saturated rings. The number of ketones is 1. The van der Waals surface area contributed by atoms with Gasteiger partial charge in [0.1, 0.15) is 11.5 Å². The number of hydrogen-bond donors (Lipinski definition) is 0. The van der Waals surface area contributed by atoms with Crippen LogP contribution in [0.2, 0.25) is 0 Å². The predicted molar refractivity (Wildman–Crippen MR) is 81.3 cm³/mol. The second-order valence-corrected chi connectivity index (χ2v) is 5.38. The van der Waals surface area contributed by atoms with Crippen molar-refractivity contribution in [3.8, 4) is 11.5 Å². The summed E-state index contributed by atoms with van der Waals surface area (Å²) in [5, 5.41) is 0. The van der Waals surface area contributed by atoms with Crippen LogP contribution >= 0.6 is 0 Å². The summed E-state index contributed by atoms with van der Waals surface area (Å²) in [6.07, 6.45) is 2.53. The molecule has 0 aromatic heterocycles. The van der Waals surface area contributed by atoms with Gasteiger partial charge in [-0.3, -0.25) is 4.79 Å². The van der Waals surface area contributed by atoms with E-state index in [1.165, 1.54) is 0 Å². The Morgan fingerprint density at radius 1 is 1.14 bits per heavy atom. The number of ether oxygens (including phenoxy) is 2. The lowest BCUT2D eigenvalue weighted by Gasteiger charge is -2.10. The average Bonchev–Trinajstić information content (AvgIpc) is 3.30. The summed E-state index contributed by atoms with van der Waals surface area (Å²) in [6, 6.07) is 13.0. The summed E-state index contributed by atoms with van der Waals surface area (Å²) >= 11 is 0. The molecule has 0 saturated heterocycles. The second kappa shape index (κ2) is 5.60. The highest BCUT2D eigenvalue weighted by Gasteiger charge is 2.24. The van der Waals surface area contributed by atoms with Crippen molar-refractivity contribution in [2.75, 3.05) is 7.11 Å². The number of carbonyl (C=O) groups is 1. The van der Waals surface area contributed by atoms with Crippen LogP contribution < -0.4 is 9.47 Å². The fourth-order valence-electron chi connectivity index (χ4n) is 2.23. The SMILES string of the molecule is COc1cc(C)ccc1C(=O)c1cccc(OC2CC2)c1. The Morgan fingerprint density at radius 3 is 2.67 bits per heavy atom. The Hall–Kier alpha value is -2.29. The van der Waals surface area contributed by atoms with Crippen LogP contribution in [0.1, 0.15) is 34.3 Å². The molecule has 3 rings (SSSR count). The van der Waals surface area contributed by atoms with Crippen molar-refractivity contribution in [1.82, 2.24) is 0 Å². The smallest absolute Gasteiger partial charge is 0.196 e. The van der Waals surface area contributed by atoms with Gasteiger partial charge in [-0.1, -0.05) is 18.2 Å². The van der Waals surface area contributed by atoms with Crippen molar-refractivity contribution in [1.29, 1.82) is 0 Å². The van der Waals surface area contributed by atoms with Crippen LogP contribution in [0.15, 0.2) is 42.5 Å². The zero-order chi connectivity index (χ0) is 14.8. The second-order valence-electron chi connectivity index (χ2n) is 5.38. The van der Waals surface area contributed by atoms with E-state index in [2.05, 4.69) is 0 Å². The normalized spacial score (nSPS) is 13.8. The van der Waals surface area contributed by atoms with Gasteiger partial charge in [0, 0.05) is 5.56 Å². The Labute approximate surface area is 124 Å². The number of hydrogen-bond acceptors (Lipinski definition) is 3. The molecule has 0 unspecified atom stereocenters. The molecule has 0 N–H and O–H groups in total. The number of methoxy groups -OCH3 is 1. The molecule has 0 heterocycles. The first kappa shape index (κ1) is 13.7. The molecule has 108 valence electrons. The first-order valence-electron chi connectivity index (χ1n) is 7.13. The number of aryl methyl sites for hydroxylation is 1. The highest BCUT2D eigenvalue weighted by Crippen LogP contribution is 2.28. The van der Waals surface area contributed by atoms with Crippen LogP contribution in [0.25, 0.3) is 0 Å². The quantitative estimate of drug-likeness (QED) is 0.783. The van der Waals surface area contributed by atoms with Gasteiger partial charge >= 0.3 is 0 Å². The molecule has 2 aromatic rings. The van der Waals surface area contributed by atoms with E-state index in [0.29, 0.717) is 23.0 Å². The first-order valence-corrected chi connectivity index (χ1v) is 7.13. The van der Waals surface area contributed by atoms with Crippen LogP contribution in [0, 0.1) is 6.92 Å².